The van der Waals surface area contributed by atoms with Gasteiger partial charge in [-0.05, 0) is 79.2 Å². The van der Waals surface area contributed by atoms with Crippen molar-refractivity contribution in [3.63, 3.8) is 0 Å². The molecule has 3 aliphatic rings. The van der Waals surface area contributed by atoms with E-state index < -0.39 is 0 Å². The van der Waals surface area contributed by atoms with E-state index in [1.807, 2.05) is 12.1 Å². The van der Waals surface area contributed by atoms with Crippen molar-refractivity contribution < 1.29 is 9.13 Å². The van der Waals surface area contributed by atoms with E-state index in [9.17, 15) is 4.39 Å². The highest BCUT2D eigenvalue weighted by molar-refractivity contribution is 5.31. The van der Waals surface area contributed by atoms with Gasteiger partial charge < -0.3 is 4.74 Å². The number of fused-ring (bicyclic) bond motifs is 1. The quantitative estimate of drug-likeness (QED) is 0.213. The van der Waals surface area contributed by atoms with Gasteiger partial charge in [0.1, 0.15) is 18.2 Å². The van der Waals surface area contributed by atoms with E-state index in [0.717, 1.165) is 41.6 Å². The lowest BCUT2D eigenvalue weighted by Crippen LogP contribution is -2.31. The SMILES string of the molecule is C=CCOc1ccc(C2CCC3CC(CCC4CCC(CCCCCC)CC4)CCC3C2)c(F)c1. The van der Waals surface area contributed by atoms with Crippen LogP contribution in [0.25, 0.3) is 0 Å². The summed E-state index contributed by atoms with van der Waals surface area (Å²) in [6.07, 6.45) is 25.7. The molecule has 0 saturated heterocycles. The van der Waals surface area contributed by atoms with Crippen LogP contribution in [0.15, 0.2) is 30.9 Å². The molecule has 4 atom stereocenters. The molecule has 196 valence electrons. The fraction of sp³-hybridized carbons (Fsp3) is 0.758. The third-order valence-corrected chi connectivity index (χ3v) is 9.92. The van der Waals surface area contributed by atoms with Crippen LogP contribution in [-0.2, 0) is 0 Å². The zero-order valence-corrected chi connectivity index (χ0v) is 22.5. The Hall–Kier alpha value is -1.31. The Balaban J connectivity index is 1.16. The molecule has 1 aromatic carbocycles. The zero-order chi connectivity index (χ0) is 24.5. The van der Waals surface area contributed by atoms with Gasteiger partial charge >= 0.3 is 0 Å². The lowest BCUT2D eigenvalue weighted by Gasteiger charge is -2.43. The third-order valence-electron chi connectivity index (χ3n) is 9.92. The number of unbranched alkanes of at least 4 members (excludes halogenated alkanes) is 3. The standard InChI is InChI=1S/C33H51FO/c1-3-5-6-7-8-25-9-11-26(12-10-25)13-14-27-15-16-29-23-30(18-17-28(29)22-27)32-20-19-31(24-33(32)34)35-21-4-2/h4,19-20,24-30H,2-3,5-18,21-23H2,1H3. The fourth-order valence-electron chi connectivity index (χ4n) is 7.75. The molecule has 1 aromatic rings. The average molecular weight is 483 g/mol. The molecule has 1 nitrogen and oxygen atoms in total. The van der Waals surface area contributed by atoms with Gasteiger partial charge in [-0.25, -0.2) is 4.39 Å². The Kier molecular flexibility index (Phi) is 10.6. The van der Waals surface area contributed by atoms with Crippen molar-refractivity contribution >= 4 is 0 Å². The summed E-state index contributed by atoms with van der Waals surface area (Å²) in [5.74, 6) is 5.62. The second-order valence-corrected chi connectivity index (χ2v) is 12.3. The minimum atomic E-state index is -0.0839. The largest absolute Gasteiger partial charge is 0.489 e. The van der Waals surface area contributed by atoms with Crippen molar-refractivity contribution in [3.05, 3.63) is 42.2 Å². The van der Waals surface area contributed by atoms with Crippen LogP contribution in [0.3, 0.4) is 0 Å². The third kappa shape index (κ3) is 7.83. The van der Waals surface area contributed by atoms with Crippen LogP contribution in [0.1, 0.15) is 128 Å². The summed E-state index contributed by atoms with van der Waals surface area (Å²) >= 11 is 0. The lowest BCUT2D eigenvalue weighted by atomic mass is 9.63. The van der Waals surface area contributed by atoms with Gasteiger partial charge in [0.25, 0.3) is 0 Å². The molecule has 0 aromatic heterocycles. The molecule has 0 N–H and O–H groups in total. The van der Waals surface area contributed by atoms with E-state index in [2.05, 4.69) is 13.5 Å². The van der Waals surface area contributed by atoms with Crippen molar-refractivity contribution in [2.45, 2.75) is 122 Å². The van der Waals surface area contributed by atoms with E-state index in [-0.39, 0.29) is 5.82 Å². The summed E-state index contributed by atoms with van der Waals surface area (Å²) in [5, 5.41) is 0. The Morgan fingerprint density at radius 1 is 0.829 bits per heavy atom. The Labute approximate surface area is 215 Å². The van der Waals surface area contributed by atoms with E-state index in [1.54, 1.807) is 12.1 Å². The molecule has 35 heavy (non-hydrogen) atoms. The minimum Gasteiger partial charge on any atom is -0.489 e. The Bertz CT molecular complexity index is 764. The first kappa shape index (κ1) is 26.7. The van der Waals surface area contributed by atoms with Crippen LogP contribution in [0.4, 0.5) is 4.39 Å². The van der Waals surface area contributed by atoms with Crippen LogP contribution < -0.4 is 4.74 Å². The normalized spacial score (nSPS) is 31.0. The van der Waals surface area contributed by atoms with Crippen molar-refractivity contribution in [2.75, 3.05) is 6.61 Å². The highest BCUT2D eigenvalue weighted by atomic mass is 19.1. The van der Waals surface area contributed by atoms with Crippen molar-refractivity contribution in [3.8, 4) is 5.75 Å². The smallest absolute Gasteiger partial charge is 0.130 e. The van der Waals surface area contributed by atoms with Gasteiger partial charge in [0.05, 0.1) is 0 Å². The van der Waals surface area contributed by atoms with Gasteiger partial charge in [0.15, 0.2) is 0 Å². The molecular weight excluding hydrogens is 431 g/mol. The number of halogens is 1. The molecule has 0 amide bonds. The Morgan fingerprint density at radius 3 is 2.26 bits per heavy atom. The molecule has 0 bridgehead atoms. The lowest BCUT2D eigenvalue weighted by molar-refractivity contribution is 0.108. The summed E-state index contributed by atoms with van der Waals surface area (Å²) < 4.78 is 20.3. The maximum atomic E-state index is 14.8. The maximum Gasteiger partial charge on any atom is 0.130 e. The van der Waals surface area contributed by atoms with Gasteiger partial charge in [-0.15, -0.1) is 0 Å². The van der Waals surface area contributed by atoms with Gasteiger partial charge in [-0.2, -0.15) is 0 Å². The molecule has 3 saturated carbocycles. The number of benzene rings is 1. The van der Waals surface area contributed by atoms with E-state index >= 15 is 0 Å². The van der Waals surface area contributed by atoms with Gasteiger partial charge in [0.2, 0.25) is 0 Å². The van der Waals surface area contributed by atoms with Crippen LogP contribution in [0.2, 0.25) is 0 Å². The first-order chi connectivity index (χ1) is 17.2. The molecule has 3 fully saturated rings. The Morgan fingerprint density at radius 2 is 1.51 bits per heavy atom. The van der Waals surface area contributed by atoms with Crippen molar-refractivity contribution in [2.24, 2.45) is 29.6 Å². The molecule has 2 heteroatoms. The number of hydrogen-bond donors (Lipinski definition) is 0. The van der Waals surface area contributed by atoms with Gasteiger partial charge in [-0.1, -0.05) is 103 Å². The molecule has 0 radical (unpaired) electrons. The van der Waals surface area contributed by atoms with Crippen LogP contribution in [0, 0.1) is 35.4 Å². The molecule has 4 rings (SSSR count). The molecule has 0 heterocycles. The topological polar surface area (TPSA) is 9.23 Å². The summed E-state index contributed by atoms with van der Waals surface area (Å²) in [4.78, 5) is 0. The summed E-state index contributed by atoms with van der Waals surface area (Å²) in [6.45, 7) is 6.40. The zero-order valence-electron chi connectivity index (χ0n) is 22.5. The first-order valence-electron chi connectivity index (χ1n) is 15.2. The van der Waals surface area contributed by atoms with Gasteiger partial charge in [-0.3, -0.25) is 0 Å². The summed E-state index contributed by atoms with van der Waals surface area (Å²) in [7, 11) is 0. The number of ether oxygens (including phenoxy) is 1. The van der Waals surface area contributed by atoms with E-state index in [1.165, 1.54) is 103 Å². The monoisotopic (exact) mass is 482 g/mol. The van der Waals surface area contributed by atoms with Gasteiger partial charge in [0, 0.05) is 6.07 Å². The molecule has 4 unspecified atom stereocenters. The van der Waals surface area contributed by atoms with Crippen LogP contribution in [0.5, 0.6) is 5.75 Å². The second kappa shape index (κ2) is 13.8. The molecule has 3 aliphatic carbocycles. The van der Waals surface area contributed by atoms with E-state index in [0.29, 0.717) is 18.3 Å². The maximum absolute atomic E-state index is 14.8. The van der Waals surface area contributed by atoms with Crippen LogP contribution in [-0.4, -0.2) is 6.61 Å². The van der Waals surface area contributed by atoms with E-state index in [4.69, 9.17) is 4.74 Å². The molecular formula is C33H51FO. The van der Waals surface area contributed by atoms with Crippen molar-refractivity contribution in [1.29, 1.82) is 0 Å². The predicted octanol–water partition coefficient (Wildman–Crippen LogP) is 10.2. The minimum absolute atomic E-state index is 0.0839. The number of hydrogen-bond acceptors (Lipinski definition) is 1. The number of rotatable bonds is 12. The van der Waals surface area contributed by atoms with Crippen molar-refractivity contribution in [1.82, 2.24) is 0 Å². The summed E-state index contributed by atoms with van der Waals surface area (Å²) in [6, 6.07) is 5.48. The highest BCUT2D eigenvalue weighted by Crippen LogP contribution is 2.49. The summed E-state index contributed by atoms with van der Waals surface area (Å²) in [5.41, 5.74) is 0.914. The second-order valence-electron chi connectivity index (χ2n) is 12.3. The fourth-order valence-corrected chi connectivity index (χ4v) is 7.75. The molecule has 0 aliphatic heterocycles. The predicted molar refractivity (Wildman–Crippen MR) is 146 cm³/mol. The first-order valence-corrected chi connectivity index (χ1v) is 15.2. The molecule has 0 spiro atoms. The average Bonchev–Trinajstić information content (AvgIpc) is 2.89. The van der Waals surface area contributed by atoms with Crippen LogP contribution >= 0.6 is 0 Å². The highest BCUT2D eigenvalue weighted by Gasteiger charge is 2.36.